The summed E-state index contributed by atoms with van der Waals surface area (Å²) in [5, 5.41) is 18.6. The maximum atomic E-state index is 10.6. The van der Waals surface area contributed by atoms with Crippen molar-refractivity contribution >= 4 is 17.6 Å². The molecular formula is C11H13ClO4. The second-order valence-corrected chi connectivity index (χ2v) is 4.13. The van der Waals surface area contributed by atoms with E-state index in [0.29, 0.717) is 5.02 Å². The van der Waals surface area contributed by atoms with Crippen LogP contribution in [0.2, 0.25) is 5.02 Å². The number of ether oxygens (including phenoxy) is 1. The largest absolute Gasteiger partial charge is 0.479 e. The third kappa shape index (κ3) is 3.81. The lowest BCUT2D eigenvalue weighted by molar-refractivity contribution is -0.163. The first-order valence-corrected chi connectivity index (χ1v) is 5.07. The van der Waals surface area contributed by atoms with Gasteiger partial charge in [-0.25, -0.2) is 4.79 Å². The maximum Gasteiger partial charge on any atom is 0.337 e. The Morgan fingerprint density at radius 3 is 2.50 bits per heavy atom. The van der Waals surface area contributed by atoms with E-state index in [4.69, 9.17) is 21.4 Å². The van der Waals surface area contributed by atoms with Crippen LogP contribution >= 0.6 is 11.6 Å². The standard InChI is InChI=1S/C11H13ClO4/c1-11(15,10(13)14)7-16-6-8-2-4-9(12)5-3-8/h2-5,15H,6-7H2,1H3,(H,13,14). The lowest BCUT2D eigenvalue weighted by Gasteiger charge is -2.17. The van der Waals surface area contributed by atoms with E-state index >= 15 is 0 Å². The van der Waals surface area contributed by atoms with Crippen molar-refractivity contribution in [3.05, 3.63) is 34.9 Å². The fraction of sp³-hybridized carbons (Fsp3) is 0.364. The van der Waals surface area contributed by atoms with Crippen molar-refractivity contribution in [2.75, 3.05) is 6.61 Å². The number of hydrogen-bond acceptors (Lipinski definition) is 3. The third-order valence-electron chi connectivity index (χ3n) is 2.03. The van der Waals surface area contributed by atoms with Crippen LogP contribution in [-0.2, 0) is 16.1 Å². The zero-order chi connectivity index (χ0) is 12.2. The highest BCUT2D eigenvalue weighted by Gasteiger charge is 2.29. The van der Waals surface area contributed by atoms with Crippen LogP contribution in [0.15, 0.2) is 24.3 Å². The fourth-order valence-corrected chi connectivity index (χ4v) is 1.14. The topological polar surface area (TPSA) is 66.8 Å². The Morgan fingerprint density at radius 2 is 2.00 bits per heavy atom. The van der Waals surface area contributed by atoms with Gasteiger partial charge in [0.25, 0.3) is 0 Å². The van der Waals surface area contributed by atoms with Crippen molar-refractivity contribution in [2.45, 2.75) is 19.1 Å². The molecule has 0 fully saturated rings. The molecule has 1 aromatic rings. The molecule has 1 aromatic carbocycles. The first kappa shape index (κ1) is 13.0. The molecule has 1 atom stereocenters. The number of benzene rings is 1. The van der Waals surface area contributed by atoms with Gasteiger partial charge in [-0.1, -0.05) is 23.7 Å². The van der Waals surface area contributed by atoms with Gasteiger partial charge in [0.2, 0.25) is 0 Å². The zero-order valence-electron chi connectivity index (χ0n) is 8.81. The van der Waals surface area contributed by atoms with E-state index in [9.17, 15) is 9.90 Å². The Balaban J connectivity index is 2.41. The molecule has 0 aromatic heterocycles. The second kappa shape index (κ2) is 5.30. The summed E-state index contributed by atoms with van der Waals surface area (Å²) in [6.07, 6.45) is 0. The molecule has 0 aliphatic rings. The number of hydrogen-bond donors (Lipinski definition) is 2. The Morgan fingerprint density at radius 1 is 1.44 bits per heavy atom. The van der Waals surface area contributed by atoms with E-state index in [1.807, 2.05) is 0 Å². The van der Waals surface area contributed by atoms with Crippen LogP contribution in [0.3, 0.4) is 0 Å². The predicted octanol–water partition coefficient (Wildman–Crippen LogP) is 1.69. The Labute approximate surface area is 98.4 Å². The summed E-state index contributed by atoms with van der Waals surface area (Å²) in [6, 6.07) is 6.99. The number of halogens is 1. The number of rotatable bonds is 5. The lowest BCUT2D eigenvalue weighted by atomic mass is 10.1. The van der Waals surface area contributed by atoms with Crippen LogP contribution in [0, 0.1) is 0 Å². The normalized spacial score (nSPS) is 14.4. The van der Waals surface area contributed by atoms with Gasteiger partial charge in [-0.3, -0.25) is 0 Å². The van der Waals surface area contributed by atoms with E-state index in [-0.39, 0.29) is 13.2 Å². The number of carboxylic acid groups (broad SMARTS) is 1. The molecule has 16 heavy (non-hydrogen) atoms. The molecule has 88 valence electrons. The van der Waals surface area contributed by atoms with Gasteiger partial charge in [0, 0.05) is 5.02 Å². The minimum absolute atomic E-state index is 0.237. The molecule has 0 bridgehead atoms. The molecule has 0 spiro atoms. The zero-order valence-corrected chi connectivity index (χ0v) is 9.57. The molecule has 0 radical (unpaired) electrons. The molecular weight excluding hydrogens is 232 g/mol. The molecule has 0 aliphatic carbocycles. The van der Waals surface area contributed by atoms with Gasteiger partial charge in [-0.2, -0.15) is 0 Å². The van der Waals surface area contributed by atoms with E-state index in [1.165, 1.54) is 6.92 Å². The monoisotopic (exact) mass is 244 g/mol. The molecule has 5 heteroatoms. The van der Waals surface area contributed by atoms with Crippen LogP contribution in [0.5, 0.6) is 0 Å². The molecule has 4 nitrogen and oxygen atoms in total. The Bertz CT molecular complexity index is 359. The predicted molar refractivity (Wildman–Crippen MR) is 59.4 cm³/mol. The van der Waals surface area contributed by atoms with Crippen LogP contribution in [0.4, 0.5) is 0 Å². The average molecular weight is 245 g/mol. The van der Waals surface area contributed by atoms with Crippen LogP contribution < -0.4 is 0 Å². The first-order chi connectivity index (χ1) is 7.42. The second-order valence-electron chi connectivity index (χ2n) is 3.70. The van der Waals surface area contributed by atoms with Gasteiger partial charge < -0.3 is 14.9 Å². The van der Waals surface area contributed by atoms with Crippen molar-refractivity contribution in [3.63, 3.8) is 0 Å². The van der Waals surface area contributed by atoms with E-state index in [1.54, 1.807) is 24.3 Å². The van der Waals surface area contributed by atoms with Crippen molar-refractivity contribution in [2.24, 2.45) is 0 Å². The average Bonchev–Trinajstić information content (AvgIpc) is 2.20. The van der Waals surface area contributed by atoms with E-state index in [0.717, 1.165) is 5.56 Å². The fourth-order valence-electron chi connectivity index (χ4n) is 1.01. The SMILES string of the molecule is CC(O)(COCc1ccc(Cl)cc1)C(=O)O. The number of aliphatic carboxylic acids is 1. The number of aliphatic hydroxyl groups is 1. The third-order valence-corrected chi connectivity index (χ3v) is 2.28. The summed E-state index contributed by atoms with van der Waals surface area (Å²) < 4.78 is 5.11. The van der Waals surface area contributed by atoms with Crippen molar-refractivity contribution < 1.29 is 19.7 Å². The highest BCUT2D eigenvalue weighted by Crippen LogP contribution is 2.11. The summed E-state index contributed by atoms with van der Waals surface area (Å²) in [7, 11) is 0. The van der Waals surface area contributed by atoms with Gasteiger partial charge >= 0.3 is 5.97 Å². The summed E-state index contributed by atoms with van der Waals surface area (Å²) >= 11 is 5.70. The van der Waals surface area contributed by atoms with E-state index in [2.05, 4.69) is 0 Å². The van der Waals surface area contributed by atoms with Crippen molar-refractivity contribution in [1.29, 1.82) is 0 Å². The Kier molecular flexibility index (Phi) is 4.29. The minimum Gasteiger partial charge on any atom is -0.479 e. The molecule has 0 amide bonds. The summed E-state index contributed by atoms with van der Waals surface area (Å²) in [5.74, 6) is -1.30. The highest BCUT2D eigenvalue weighted by atomic mass is 35.5. The van der Waals surface area contributed by atoms with Crippen molar-refractivity contribution in [3.8, 4) is 0 Å². The maximum absolute atomic E-state index is 10.6. The van der Waals surface area contributed by atoms with Gasteiger partial charge in [0.1, 0.15) is 0 Å². The number of carbonyl (C=O) groups is 1. The van der Waals surface area contributed by atoms with Gasteiger partial charge in [0.15, 0.2) is 5.60 Å². The summed E-state index contributed by atoms with van der Waals surface area (Å²) in [6.45, 7) is 1.17. The van der Waals surface area contributed by atoms with Gasteiger partial charge in [-0.05, 0) is 24.6 Å². The molecule has 2 N–H and O–H groups in total. The molecule has 0 saturated heterocycles. The van der Waals surface area contributed by atoms with Gasteiger partial charge in [-0.15, -0.1) is 0 Å². The Hall–Kier alpha value is -1.10. The molecule has 0 saturated carbocycles. The van der Waals surface area contributed by atoms with Crippen molar-refractivity contribution in [1.82, 2.24) is 0 Å². The summed E-state index contributed by atoms with van der Waals surface area (Å²) in [5.41, 5.74) is -0.988. The molecule has 0 heterocycles. The minimum atomic E-state index is -1.85. The lowest BCUT2D eigenvalue weighted by Crippen LogP contribution is -2.39. The van der Waals surface area contributed by atoms with Crippen LogP contribution in [0.1, 0.15) is 12.5 Å². The van der Waals surface area contributed by atoms with E-state index < -0.39 is 11.6 Å². The molecule has 1 unspecified atom stereocenters. The molecule has 0 aliphatic heterocycles. The first-order valence-electron chi connectivity index (χ1n) is 4.70. The highest BCUT2D eigenvalue weighted by molar-refractivity contribution is 6.30. The molecule has 1 rings (SSSR count). The quantitative estimate of drug-likeness (QED) is 0.827. The van der Waals surface area contributed by atoms with Crippen LogP contribution in [-0.4, -0.2) is 28.4 Å². The van der Waals surface area contributed by atoms with Crippen LogP contribution in [0.25, 0.3) is 0 Å². The van der Waals surface area contributed by atoms with Gasteiger partial charge in [0.05, 0.1) is 13.2 Å². The smallest absolute Gasteiger partial charge is 0.337 e. The summed E-state index contributed by atoms with van der Waals surface area (Å²) in [4.78, 5) is 10.6. The number of carboxylic acids is 1.